The van der Waals surface area contributed by atoms with E-state index in [-0.39, 0.29) is 0 Å². The van der Waals surface area contributed by atoms with E-state index < -0.39 is 0 Å². The average Bonchev–Trinajstić information content (AvgIpc) is 2.51. The van der Waals surface area contributed by atoms with Crippen molar-refractivity contribution in [2.75, 3.05) is 5.32 Å². The van der Waals surface area contributed by atoms with Crippen molar-refractivity contribution in [2.24, 2.45) is 23.2 Å². The Morgan fingerprint density at radius 3 is 2.33 bits per heavy atom. The minimum Gasteiger partial charge on any atom is -0.359 e. The summed E-state index contributed by atoms with van der Waals surface area (Å²) < 4.78 is 0. The minimum atomic E-state index is 0.502. The van der Waals surface area contributed by atoms with Crippen molar-refractivity contribution in [1.29, 1.82) is 0 Å². The number of anilines is 1. The van der Waals surface area contributed by atoms with E-state index in [4.69, 9.17) is 12.2 Å². The maximum absolute atomic E-state index is 5.65. The lowest BCUT2D eigenvalue weighted by molar-refractivity contribution is -0.0709. The Balaban J connectivity index is 1.45. The fraction of sp³-hybridized carbons (Fsp3) is 0.667. The Kier molecular flexibility index (Phi) is 4.32. The van der Waals surface area contributed by atoms with E-state index in [2.05, 4.69) is 48.7 Å². The molecule has 1 aromatic rings. The van der Waals surface area contributed by atoms with Gasteiger partial charge in [0.2, 0.25) is 0 Å². The SMILES string of the molecule is CCC(NC(=S)Nc1cccc(C)c1)C12CC3CC(CC(C3)C1)C2. The lowest BCUT2D eigenvalue weighted by Gasteiger charge is -2.59. The van der Waals surface area contributed by atoms with Gasteiger partial charge in [-0.3, -0.25) is 0 Å². The summed E-state index contributed by atoms with van der Waals surface area (Å²) in [5, 5.41) is 7.91. The summed E-state index contributed by atoms with van der Waals surface area (Å²) in [6, 6.07) is 8.96. The Bertz CT molecular complexity index is 589. The summed E-state index contributed by atoms with van der Waals surface area (Å²) in [6.45, 7) is 4.44. The van der Waals surface area contributed by atoms with Gasteiger partial charge < -0.3 is 10.6 Å². The van der Waals surface area contributed by atoms with Gasteiger partial charge in [0.05, 0.1) is 0 Å². The molecule has 0 saturated heterocycles. The maximum atomic E-state index is 5.65. The number of hydrogen-bond donors (Lipinski definition) is 2. The van der Waals surface area contributed by atoms with Crippen LogP contribution in [0.3, 0.4) is 0 Å². The topological polar surface area (TPSA) is 24.1 Å². The summed E-state index contributed by atoms with van der Waals surface area (Å²) in [7, 11) is 0. The third kappa shape index (κ3) is 3.08. The van der Waals surface area contributed by atoms with Gasteiger partial charge in [-0.2, -0.15) is 0 Å². The minimum absolute atomic E-state index is 0.502. The van der Waals surface area contributed by atoms with Crippen LogP contribution >= 0.6 is 12.2 Å². The first-order valence-electron chi connectivity index (χ1n) is 9.70. The maximum Gasteiger partial charge on any atom is 0.171 e. The molecule has 0 amide bonds. The lowest BCUT2D eigenvalue weighted by atomic mass is 9.47. The number of hydrogen-bond acceptors (Lipinski definition) is 1. The zero-order valence-corrected chi connectivity index (χ0v) is 15.8. The first kappa shape index (κ1) is 16.4. The Morgan fingerprint density at radius 1 is 1.17 bits per heavy atom. The second-order valence-electron chi connectivity index (χ2n) is 8.71. The molecule has 130 valence electrons. The smallest absolute Gasteiger partial charge is 0.171 e. The molecule has 2 nitrogen and oxygen atoms in total. The first-order valence-corrected chi connectivity index (χ1v) is 10.1. The highest BCUT2D eigenvalue weighted by molar-refractivity contribution is 7.80. The molecule has 4 bridgehead atoms. The van der Waals surface area contributed by atoms with E-state index in [9.17, 15) is 0 Å². The molecule has 24 heavy (non-hydrogen) atoms. The number of rotatable bonds is 4. The van der Waals surface area contributed by atoms with Gasteiger partial charge in [0.1, 0.15) is 0 Å². The van der Waals surface area contributed by atoms with E-state index in [1.165, 1.54) is 50.5 Å². The highest BCUT2D eigenvalue weighted by Gasteiger charge is 2.53. The molecule has 0 heterocycles. The molecule has 0 radical (unpaired) electrons. The van der Waals surface area contributed by atoms with Crippen molar-refractivity contribution in [3.8, 4) is 0 Å². The highest BCUT2D eigenvalue weighted by Crippen LogP contribution is 2.61. The first-order chi connectivity index (χ1) is 11.6. The van der Waals surface area contributed by atoms with Crippen LogP contribution in [0.15, 0.2) is 24.3 Å². The largest absolute Gasteiger partial charge is 0.359 e. The molecule has 1 atom stereocenters. The van der Waals surface area contributed by atoms with Gasteiger partial charge in [0, 0.05) is 11.7 Å². The van der Waals surface area contributed by atoms with Crippen molar-refractivity contribution in [1.82, 2.24) is 5.32 Å². The van der Waals surface area contributed by atoms with E-state index in [1.54, 1.807) is 0 Å². The molecule has 4 fully saturated rings. The molecule has 1 aromatic carbocycles. The normalized spacial score (nSPS) is 34.8. The van der Waals surface area contributed by atoms with E-state index in [0.717, 1.165) is 28.6 Å². The van der Waals surface area contributed by atoms with E-state index >= 15 is 0 Å². The number of benzene rings is 1. The summed E-state index contributed by atoms with van der Waals surface area (Å²) >= 11 is 5.65. The number of thiocarbonyl (C=S) groups is 1. The number of aryl methyl sites for hydroxylation is 1. The fourth-order valence-corrected chi connectivity index (χ4v) is 6.60. The molecule has 0 spiro atoms. The fourth-order valence-electron chi connectivity index (χ4n) is 6.34. The van der Waals surface area contributed by atoms with E-state index in [1.807, 2.05) is 0 Å². The number of nitrogens with one attached hydrogen (secondary N) is 2. The monoisotopic (exact) mass is 342 g/mol. The lowest BCUT2D eigenvalue weighted by Crippen LogP contribution is -2.57. The van der Waals surface area contributed by atoms with Gasteiger partial charge >= 0.3 is 0 Å². The molecule has 4 aliphatic rings. The summed E-state index contributed by atoms with van der Waals surface area (Å²) in [5.41, 5.74) is 2.85. The van der Waals surface area contributed by atoms with Crippen molar-refractivity contribution in [3.05, 3.63) is 29.8 Å². The standard InChI is InChI=1S/C21H30N2S/c1-3-19(23-20(24)22-18-6-4-5-14(2)7-18)21-11-15-8-16(12-21)10-17(9-15)13-21/h4-7,15-17,19H,3,8-13H2,1-2H3,(H2,22,23,24). The van der Waals surface area contributed by atoms with Gasteiger partial charge in [-0.05, 0) is 105 Å². The second-order valence-corrected chi connectivity index (χ2v) is 9.12. The molecule has 2 N–H and O–H groups in total. The molecule has 5 rings (SSSR count). The van der Waals surface area contributed by atoms with Crippen molar-refractivity contribution in [2.45, 2.75) is 64.8 Å². The van der Waals surface area contributed by atoms with Crippen LogP contribution in [0.5, 0.6) is 0 Å². The van der Waals surface area contributed by atoms with Crippen LogP contribution in [-0.2, 0) is 0 Å². The molecule has 3 heteroatoms. The molecular formula is C21H30N2S. The third-order valence-corrected chi connectivity index (χ3v) is 7.03. The summed E-state index contributed by atoms with van der Waals surface area (Å²) in [4.78, 5) is 0. The van der Waals surface area contributed by atoms with Crippen molar-refractivity contribution < 1.29 is 0 Å². The van der Waals surface area contributed by atoms with E-state index in [0.29, 0.717) is 11.5 Å². The van der Waals surface area contributed by atoms with Crippen LogP contribution in [0.2, 0.25) is 0 Å². The zero-order chi connectivity index (χ0) is 16.7. The molecule has 1 unspecified atom stereocenters. The van der Waals surface area contributed by atoms with Crippen LogP contribution < -0.4 is 10.6 Å². The quantitative estimate of drug-likeness (QED) is 0.728. The van der Waals surface area contributed by atoms with Crippen LogP contribution in [0, 0.1) is 30.1 Å². The van der Waals surface area contributed by atoms with Crippen molar-refractivity contribution >= 4 is 23.0 Å². The van der Waals surface area contributed by atoms with Gasteiger partial charge in [-0.1, -0.05) is 19.1 Å². The summed E-state index contributed by atoms with van der Waals surface area (Å²) in [6.07, 6.45) is 9.96. The second kappa shape index (κ2) is 6.33. The van der Waals surface area contributed by atoms with Gasteiger partial charge in [-0.15, -0.1) is 0 Å². The van der Waals surface area contributed by atoms with Gasteiger partial charge in [0.25, 0.3) is 0 Å². The Labute approximate surface area is 151 Å². The molecule has 0 aliphatic heterocycles. The predicted octanol–water partition coefficient (Wildman–Crippen LogP) is 5.28. The molecule has 4 saturated carbocycles. The van der Waals surface area contributed by atoms with Crippen molar-refractivity contribution in [3.63, 3.8) is 0 Å². The highest BCUT2D eigenvalue weighted by atomic mass is 32.1. The molecule has 4 aliphatic carbocycles. The van der Waals surface area contributed by atoms with Crippen LogP contribution in [-0.4, -0.2) is 11.2 Å². The average molecular weight is 343 g/mol. The molecular weight excluding hydrogens is 312 g/mol. The van der Waals surface area contributed by atoms with Gasteiger partial charge in [-0.25, -0.2) is 0 Å². The summed E-state index contributed by atoms with van der Waals surface area (Å²) in [5.74, 6) is 2.97. The predicted molar refractivity (Wildman–Crippen MR) is 105 cm³/mol. The van der Waals surface area contributed by atoms with Crippen LogP contribution in [0.1, 0.15) is 57.4 Å². The Hall–Kier alpha value is -1.09. The molecule has 0 aromatic heterocycles. The third-order valence-electron chi connectivity index (χ3n) is 6.81. The Morgan fingerprint density at radius 2 is 1.79 bits per heavy atom. The zero-order valence-electron chi connectivity index (χ0n) is 15.0. The van der Waals surface area contributed by atoms with Crippen LogP contribution in [0.4, 0.5) is 5.69 Å². The van der Waals surface area contributed by atoms with Crippen LogP contribution in [0.25, 0.3) is 0 Å². The van der Waals surface area contributed by atoms with Gasteiger partial charge in [0.15, 0.2) is 5.11 Å².